The molecule has 4 rings (SSSR count). The number of carbonyl (C=O) groups is 1. The van der Waals surface area contributed by atoms with E-state index in [-0.39, 0.29) is 16.4 Å². The third-order valence-corrected chi connectivity index (χ3v) is 4.79. The number of nitro benzene ring substituents is 1. The first kappa shape index (κ1) is 20.4. The van der Waals surface area contributed by atoms with E-state index in [4.69, 9.17) is 23.8 Å². The van der Waals surface area contributed by atoms with Crippen molar-refractivity contribution in [3.05, 3.63) is 87.4 Å². The Morgan fingerprint density at radius 3 is 2.39 bits per heavy atom. The van der Waals surface area contributed by atoms with E-state index < -0.39 is 10.8 Å². The number of nitro groups is 1. The lowest BCUT2D eigenvalue weighted by Crippen LogP contribution is -2.34. The van der Waals surface area contributed by atoms with Crippen LogP contribution in [0.5, 0.6) is 0 Å². The fraction of sp³-hybridized carbons (Fsp3) is 0. The number of nitrogens with zero attached hydrogens (tertiary/aromatic N) is 4. The number of para-hydroxylation sites is 2. The molecule has 0 aliphatic carbocycles. The number of amides is 1. The molecule has 0 fully saturated rings. The zero-order chi connectivity index (χ0) is 22.0. The number of nitrogens with one attached hydrogen (secondary N) is 2. The molecule has 0 saturated heterocycles. The molecule has 2 N–H and O–H groups in total. The van der Waals surface area contributed by atoms with Gasteiger partial charge in [0.2, 0.25) is 0 Å². The van der Waals surface area contributed by atoms with E-state index in [2.05, 4.69) is 20.8 Å². The monoisotopic (exact) mass is 452 g/mol. The van der Waals surface area contributed by atoms with Gasteiger partial charge in [0, 0.05) is 6.07 Å². The van der Waals surface area contributed by atoms with Gasteiger partial charge in [-0.1, -0.05) is 41.9 Å². The lowest BCUT2D eigenvalue weighted by atomic mass is 10.1. The van der Waals surface area contributed by atoms with Gasteiger partial charge in [0.1, 0.15) is 16.6 Å². The minimum absolute atomic E-state index is 0.0696. The molecule has 0 spiro atoms. The van der Waals surface area contributed by atoms with Gasteiger partial charge in [0.25, 0.3) is 11.6 Å². The molecule has 0 aliphatic rings. The van der Waals surface area contributed by atoms with Gasteiger partial charge in [0.05, 0.1) is 21.3 Å². The summed E-state index contributed by atoms with van der Waals surface area (Å²) in [7, 11) is 0. The van der Waals surface area contributed by atoms with Crippen molar-refractivity contribution >= 4 is 57.2 Å². The first-order valence-corrected chi connectivity index (χ1v) is 9.69. The number of rotatable bonds is 4. The van der Waals surface area contributed by atoms with Crippen molar-refractivity contribution < 1.29 is 9.72 Å². The maximum atomic E-state index is 12.4. The van der Waals surface area contributed by atoms with Crippen LogP contribution in [-0.2, 0) is 0 Å². The minimum Gasteiger partial charge on any atom is -0.331 e. The SMILES string of the molecule is O=C(NC(=S)Nc1cc2nn(-c3ccccc3)nc2cc1Cl)c1ccccc1[N+](=O)[O-]. The second-order valence-electron chi connectivity index (χ2n) is 6.33. The van der Waals surface area contributed by atoms with Gasteiger partial charge in [-0.25, -0.2) is 0 Å². The Morgan fingerprint density at radius 1 is 1.03 bits per heavy atom. The molecular weight excluding hydrogens is 440 g/mol. The zero-order valence-electron chi connectivity index (χ0n) is 15.7. The third-order valence-electron chi connectivity index (χ3n) is 4.28. The fourth-order valence-electron chi connectivity index (χ4n) is 2.86. The molecule has 0 unspecified atom stereocenters. The van der Waals surface area contributed by atoms with Crippen molar-refractivity contribution in [2.24, 2.45) is 0 Å². The molecule has 31 heavy (non-hydrogen) atoms. The number of carbonyl (C=O) groups excluding carboxylic acids is 1. The lowest BCUT2D eigenvalue weighted by molar-refractivity contribution is -0.385. The molecule has 4 aromatic rings. The minimum atomic E-state index is -0.711. The summed E-state index contributed by atoms with van der Waals surface area (Å²) < 4.78 is 0. The van der Waals surface area contributed by atoms with Gasteiger partial charge < -0.3 is 5.32 Å². The molecule has 1 heterocycles. The number of thiocarbonyl (C=S) groups is 1. The fourth-order valence-corrected chi connectivity index (χ4v) is 3.27. The highest BCUT2D eigenvalue weighted by Gasteiger charge is 2.20. The summed E-state index contributed by atoms with van der Waals surface area (Å²) in [6.07, 6.45) is 0. The molecule has 11 heteroatoms. The van der Waals surface area contributed by atoms with E-state index in [1.165, 1.54) is 29.1 Å². The van der Waals surface area contributed by atoms with Crippen LogP contribution in [0, 0.1) is 10.1 Å². The molecular formula is C20H13ClN6O3S. The molecule has 0 saturated carbocycles. The Bertz CT molecular complexity index is 1330. The average Bonchev–Trinajstić information content (AvgIpc) is 3.17. The van der Waals surface area contributed by atoms with Gasteiger partial charge in [-0.3, -0.25) is 20.2 Å². The standard InChI is InChI=1S/C20H13ClN6O3S/c21-14-10-16-17(25-26(24-16)12-6-2-1-3-7-12)11-15(14)22-20(31)23-19(28)13-8-4-5-9-18(13)27(29)30/h1-11H,(H2,22,23,28,31). The van der Waals surface area contributed by atoms with Gasteiger partial charge in [-0.05, 0) is 42.5 Å². The Hall–Kier alpha value is -3.89. The topological polar surface area (TPSA) is 115 Å². The summed E-state index contributed by atoms with van der Waals surface area (Å²) in [6.45, 7) is 0. The first-order chi connectivity index (χ1) is 14.9. The Morgan fingerprint density at radius 2 is 1.68 bits per heavy atom. The van der Waals surface area contributed by atoms with Crippen molar-refractivity contribution in [2.45, 2.75) is 0 Å². The van der Waals surface area contributed by atoms with E-state index in [1.807, 2.05) is 30.3 Å². The summed E-state index contributed by atoms with van der Waals surface area (Å²) in [5.41, 5.74) is 1.90. The van der Waals surface area contributed by atoms with E-state index in [1.54, 1.807) is 12.1 Å². The summed E-state index contributed by atoms with van der Waals surface area (Å²) in [5.74, 6) is -0.711. The summed E-state index contributed by atoms with van der Waals surface area (Å²) in [4.78, 5) is 24.4. The van der Waals surface area contributed by atoms with Crippen LogP contribution in [-0.4, -0.2) is 30.9 Å². The number of hydrogen-bond donors (Lipinski definition) is 2. The molecule has 154 valence electrons. The highest BCUT2D eigenvalue weighted by molar-refractivity contribution is 7.80. The molecule has 3 aromatic carbocycles. The van der Waals surface area contributed by atoms with Crippen LogP contribution in [0.25, 0.3) is 16.7 Å². The van der Waals surface area contributed by atoms with Crippen molar-refractivity contribution in [3.8, 4) is 5.69 Å². The van der Waals surface area contributed by atoms with Crippen LogP contribution in [0.4, 0.5) is 11.4 Å². The van der Waals surface area contributed by atoms with Crippen LogP contribution in [0.3, 0.4) is 0 Å². The van der Waals surface area contributed by atoms with Gasteiger partial charge in [0.15, 0.2) is 5.11 Å². The predicted molar refractivity (Wildman–Crippen MR) is 121 cm³/mol. The molecule has 0 aliphatic heterocycles. The zero-order valence-corrected chi connectivity index (χ0v) is 17.2. The molecule has 0 radical (unpaired) electrons. The van der Waals surface area contributed by atoms with Crippen LogP contribution in [0.1, 0.15) is 10.4 Å². The number of aromatic nitrogens is 3. The molecule has 1 aromatic heterocycles. The van der Waals surface area contributed by atoms with Gasteiger partial charge in [-0.15, -0.1) is 10.2 Å². The maximum absolute atomic E-state index is 12.4. The smallest absolute Gasteiger partial charge is 0.282 e. The quantitative estimate of drug-likeness (QED) is 0.272. The highest BCUT2D eigenvalue weighted by atomic mass is 35.5. The van der Waals surface area contributed by atoms with Crippen molar-refractivity contribution in [1.29, 1.82) is 0 Å². The third kappa shape index (κ3) is 4.34. The highest BCUT2D eigenvalue weighted by Crippen LogP contribution is 2.27. The predicted octanol–water partition coefficient (Wildman–Crippen LogP) is 4.11. The summed E-state index contributed by atoms with van der Waals surface area (Å²) in [5, 5.41) is 25.4. The summed E-state index contributed by atoms with van der Waals surface area (Å²) in [6, 6.07) is 18.2. The number of halogens is 1. The lowest BCUT2D eigenvalue weighted by Gasteiger charge is -2.11. The first-order valence-electron chi connectivity index (χ1n) is 8.90. The van der Waals surface area contributed by atoms with Gasteiger partial charge >= 0.3 is 0 Å². The Kier molecular flexibility index (Phi) is 5.56. The Labute approximate surface area is 185 Å². The largest absolute Gasteiger partial charge is 0.331 e. The molecule has 9 nitrogen and oxygen atoms in total. The van der Waals surface area contributed by atoms with Crippen LogP contribution in [0.15, 0.2) is 66.7 Å². The Balaban J connectivity index is 1.54. The second kappa shape index (κ2) is 8.46. The van der Waals surface area contributed by atoms with Crippen LogP contribution >= 0.6 is 23.8 Å². The maximum Gasteiger partial charge on any atom is 0.282 e. The number of anilines is 1. The molecule has 0 atom stereocenters. The normalized spacial score (nSPS) is 10.6. The van der Waals surface area contributed by atoms with Crippen molar-refractivity contribution in [3.63, 3.8) is 0 Å². The summed E-state index contributed by atoms with van der Waals surface area (Å²) >= 11 is 11.5. The van der Waals surface area contributed by atoms with E-state index in [0.717, 1.165) is 5.69 Å². The van der Waals surface area contributed by atoms with E-state index >= 15 is 0 Å². The van der Waals surface area contributed by atoms with E-state index in [0.29, 0.717) is 21.7 Å². The van der Waals surface area contributed by atoms with E-state index in [9.17, 15) is 14.9 Å². The number of benzene rings is 3. The number of fused-ring (bicyclic) bond motifs is 1. The van der Waals surface area contributed by atoms with Gasteiger partial charge in [-0.2, -0.15) is 4.80 Å². The van der Waals surface area contributed by atoms with Crippen LogP contribution < -0.4 is 10.6 Å². The second-order valence-corrected chi connectivity index (χ2v) is 7.14. The molecule has 1 amide bonds. The molecule has 0 bridgehead atoms. The van der Waals surface area contributed by atoms with Crippen molar-refractivity contribution in [1.82, 2.24) is 20.3 Å². The van der Waals surface area contributed by atoms with Crippen molar-refractivity contribution in [2.75, 3.05) is 5.32 Å². The average molecular weight is 453 g/mol. The number of hydrogen-bond acceptors (Lipinski definition) is 6. The van der Waals surface area contributed by atoms with Crippen LogP contribution in [0.2, 0.25) is 5.02 Å².